The second kappa shape index (κ2) is 5.79. The van der Waals surface area contributed by atoms with E-state index in [1.807, 2.05) is 36.4 Å². The molecular formula is C20H17N5. The second-order valence-electron chi connectivity index (χ2n) is 5.83. The third-order valence-corrected chi connectivity index (χ3v) is 4.22. The Hall–Kier alpha value is -3.60. The molecule has 4 aromatic carbocycles. The molecule has 4 rings (SSSR count). The van der Waals surface area contributed by atoms with Gasteiger partial charge >= 0.3 is 0 Å². The van der Waals surface area contributed by atoms with Crippen LogP contribution in [0.4, 0.5) is 5.69 Å². The quantitative estimate of drug-likeness (QED) is 0.284. The van der Waals surface area contributed by atoms with Crippen LogP contribution in [0, 0.1) is 0 Å². The van der Waals surface area contributed by atoms with Gasteiger partial charge in [0.2, 0.25) is 5.96 Å². The van der Waals surface area contributed by atoms with Gasteiger partial charge in [0.15, 0.2) is 5.96 Å². The molecule has 0 saturated heterocycles. The predicted molar refractivity (Wildman–Crippen MR) is 106 cm³/mol. The van der Waals surface area contributed by atoms with Crippen molar-refractivity contribution in [2.45, 2.75) is 0 Å². The lowest BCUT2D eigenvalue weighted by molar-refractivity contribution is 1.39. The largest absolute Gasteiger partial charge is 0.370 e. The SMILES string of the molecule is NC(N)=NC(N)=Nc1cc2c3ccccc3ccc2c2ccccc12. The molecule has 0 saturated carbocycles. The molecule has 6 N–H and O–H groups in total. The summed E-state index contributed by atoms with van der Waals surface area (Å²) in [4.78, 5) is 8.25. The Balaban J connectivity index is 2.13. The van der Waals surface area contributed by atoms with E-state index in [2.05, 4.69) is 40.3 Å². The average molecular weight is 327 g/mol. The highest BCUT2D eigenvalue weighted by Gasteiger charge is 2.09. The number of fused-ring (bicyclic) bond motifs is 5. The summed E-state index contributed by atoms with van der Waals surface area (Å²) < 4.78 is 0. The molecule has 0 heterocycles. The maximum atomic E-state index is 5.86. The van der Waals surface area contributed by atoms with Crippen molar-refractivity contribution in [3.63, 3.8) is 0 Å². The van der Waals surface area contributed by atoms with Crippen LogP contribution in [0.5, 0.6) is 0 Å². The van der Waals surface area contributed by atoms with Gasteiger partial charge in [0.05, 0.1) is 5.69 Å². The van der Waals surface area contributed by atoms with E-state index in [0.717, 1.165) is 21.8 Å². The minimum absolute atomic E-state index is 0.0322. The van der Waals surface area contributed by atoms with Gasteiger partial charge < -0.3 is 17.2 Å². The molecule has 0 aliphatic heterocycles. The van der Waals surface area contributed by atoms with Gasteiger partial charge in [-0.05, 0) is 33.0 Å². The van der Waals surface area contributed by atoms with Crippen LogP contribution in [0.25, 0.3) is 32.3 Å². The summed E-state index contributed by atoms with van der Waals surface area (Å²) in [5, 5.41) is 6.75. The number of rotatable bonds is 1. The van der Waals surface area contributed by atoms with Gasteiger partial charge in [-0.25, -0.2) is 4.99 Å². The first-order chi connectivity index (χ1) is 12.1. The van der Waals surface area contributed by atoms with Crippen molar-refractivity contribution in [2.24, 2.45) is 27.2 Å². The Morgan fingerprint density at radius 3 is 2.04 bits per heavy atom. The second-order valence-corrected chi connectivity index (χ2v) is 5.83. The third-order valence-electron chi connectivity index (χ3n) is 4.22. The molecule has 4 aromatic rings. The van der Waals surface area contributed by atoms with Crippen LogP contribution in [-0.2, 0) is 0 Å². The minimum atomic E-state index is -0.114. The average Bonchev–Trinajstić information content (AvgIpc) is 2.61. The summed E-state index contributed by atoms with van der Waals surface area (Å²) in [6.07, 6.45) is 0. The van der Waals surface area contributed by atoms with E-state index in [-0.39, 0.29) is 11.9 Å². The number of benzene rings is 4. The van der Waals surface area contributed by atoms with Gasteiger partial charge in [-0.15, -0.1) is 0 Å². The normalized spacial score (nSPS) is 11.9. The first-order valence-corrected chi connectivity index (χ1v) is 7.90. The molecule has 5 nitrogen and oxygen atoms in total. The number of hydrogen-bond donors (Lipinski definition) is 3. The zero-order valence-electron chi connectivity index (χ0n) is 13.5. The van der Waals surface area contributed by atoms with E-state index in [9.17, 15) is 0 Å². The maximum Gasteiger partial charge on any atom is 0.223 e. The van der Waals surface area contributed by atoms with E-state index in [0.29, 0.717) is 0 Å². The lowest BCUT2D eigenvalue weighted by Gasteiger charge is -2.10. The molecule has 5 heteroatoms. The Morgan fingerprint density at radius 1 is 0.640 bits per heavy atom. The molecular weight excluding hydrogens is 310 g/mol. The van der Waals surface area contributed by atoms with Crippen LogP contribution in [0.3, 0.4) is 0 Å². The molecule has 122 valence electrons. The fraction of sp³-hybridized carbons (Fsp3) is 0. The number of aliphatic imine (C=N–C) groups is 2. The Morgan fingerprint density at radius 2 is 1.28 bits per heavy atom. The summed E-state index contributed by atoms with van der Waals surface area (Å²) in [6, 6.07) is 22.7. The maximum absolute atomic E-state index is 5.86. The molecule has 25 heavy (non-hydrogen) atoms. The van der Waals surface area contributed by atoms with Crippen molar-refractivity contribution in [1.82, 2.24) is 0 Å². The van der Waals surface area contributed by atoms with Crippen LogP contribution < -0.4 is 17.2 Å². The smallest absolute Gasteiger partial charge is 0.223 e. The van der Waals surface area contributed by atoms with Gasteiger partial charge in [-0.3, -0.25) is 0 Å². The molecule has 0 amide bonds. The number of nitrogens with two attached hydrogens (primary N) is 3. The van der Waals surface area contributed by atoms with Crippen molar-refractivity contribution in [3.8, 4) is 0 Å². The lowest BCUT2D eigenvalue weighted by atomic mass is 9.96. The van der Waals surface area contributed by atoms with E-state index >= 15 is 0 Å². The van der Waals surface area contributed by atoms with Gasteiger partial charge in [-0.2, -0.15) is 4.99 Å². The van der Waals surface area contributed by atoms with Crippen LogP contribution in [0.2, 0.25) is 0 Å². The Bertz CT molecular complexity index is 1170. The predicted octanol–water partition coefficient (Wildman–Crippen LogP) is 3.37. The monoisotopic (exact) mass is 327 g/mol. The Labute approximate surface area is 144 Å². The van der Waals surface area contributed by atoms with Crippen molar-refractivity contribution in [3.05, 3.63) is 66.7 Å². The van der Waals surface area contributed by atoms with Crippen molar-refractivity contribution in [1.29, 1.82) is 0 Å². The highest BCUT2D eigenvalue weighted by atomic mass is 15.1. The highest BCUT2D eigenvalue weighted by Crippen LogP contribution is 2.37. The van der Waals surface area contributed by atoms with E-state index in [1.54, 1.807) is 0 Å². The highest BCUT2D eigenvalue weighted by molar-refractivity contribution is 6.20. The van der Waals surface area contributed by atoms with Crippen molar-refractivity contribution < 1.29 is 0 Å². The van der Waals surface area contributed by atoms with Crippen molar-refractivity contribution in [2.75, 3.05) is 0 Å². The molecule has 0 aliphatic rings. The molecule has 0 aromatic heterocycles. The molecule has 0 fully saturated rings. The molecule has 0 aliphatic carbocycles. The van der Waals surface area contributed by atoms with Gasteiger partial charge in [0.25, 0.3) is 0 Å². The van der Waals surface area contributed by atoms with Gasteiger partial charge in [0.1, 0.15) is 0 Å². The molecule has 0 atom stereocenters. The summed E-state index contributed by atoms with van der Waals surface area (Å²) in [5.41, 5.74) is 17.4. The standard InChI is InChI=1S/C20H17N5/c21-19(22)25-20(23)24-18-11-17-13-6-2-1-5-12(13)9-10-15(17)14-7-3-4-8-16(14)18/h1-11H,(H6,21,22,23,24,25). The number of nitrogens with zero attached hydrogens (tertiary/aromatic N) is 2. The molecule has 0 unspecified atom stereocenters. The summed E-state index contributed by atoms with van der Waals surface area (Å²) in [5.74, 6) is -0.0819. The van der Waals surface area contributed by atoms with Crippen LogP contribution in [0.1, 0.15) is 0 Å². The van der Waals surface area contributed by atoms with E-state index in [4.69, 9.17) is 17.2 Å². The Kier molecular flexibility index (Phi) is 3.47. The molecule has 0 spiro atoms. The van der Waals surface area contributed by atoms with E-state index in [1.165, 1.54) is 16.2 Å². The van der Waals surface area contributed by atoms with Gasteiger partial charge in [-0.1, -0.05) is 60.7 Å². The molecule has 0 bridgehead atoms. The molecule has 0 radical (unpaired) electrons. The van der Waals surface area contributed by atoms with Crippen LogP contribution in [-0.4, -0.2) is 11.9 Å². The topological polar surface area (TPSA) is 103 Å². The summed E-state index contributed by atoms with van der Waals surface area (Å²) in [6.45, 7) is 0. The third kappa shape index (κ3) is 2.61. The van der Waals surface area contributed by atoms with Gasteiger partial charge in [0, 0.05) is 5.39 Å². The summed E-state index contributed by atoms with van der Waals surface area (Å²) >= 11 is 0. The van der Waals surface area contributed by atoms with Crippen molar-refractivity contribution >= 4 is 49.9 Å². The first-order valence-electron chi connectivity index (χ1n) is 7.90. The summed E-state index contributed by atoms with van der Waals surface area (Å²) in [7, 11) is 0. The van der Waals surface area contributed by atoms with Crippen LogP contribution >= 0.6 is 0 Å². The number of hydrogen-bond acceptors (Lipinski definition) is 1. The lowest BCUT2D eigenvalue weighted by Crippen LogP contribution is -2.26. The first kappa shape index (κ1) is 15.0. The fourth-order valence-electron chi connectivity index (χ4n) is 3.21. The minimum Gasteiger partial charge on any atom is -0.370 e. The van der Waals surface area contributed by atoms with E-state index < -0.39 is 0 Å². The zero-order chi connectivity index (χ0) is 17.4. The zero-order valence-corrected chi connectivity index (χ0v) is 13.5. The fourth-order valence-corrected chi connectivity index (χ4v) is 3.21. The number of guanidine groups is 2. The van der Waals surface area contributed by atoms with Crippen LogP contribution in [0.15, 0.2) is 76.7 Å².